The molecule has 2 unspecified atom stereocenters. The first-order chi connectivity index (χ1) is 21.0. The Kier molecular flexibility index (Phi) is 14.2. The van der Waals surface area contributed by atoms with E-state index in [4.69, 9.17) is 14.2 Å². The van der Waals surface area contributed by atoms with Crippen LogP contribution in [0, 0.1) is 0 Å². The highest BCUT2D eigenvalue weighted by Crippen LogP contribution is 2.38. The summed E-state index contributed by atoms with van der Waals surface area (Å²) in [5, 5.41) is -0.875. The van der Waals surface area contributed by atoms with Crippen LogP contribution in [0.1, 0.15) is 44.7 Å². The SMILES string of the molecule is COc1ccc(CSCC(SC)C(=O)N2CCC[C@]2(C(=O)OC(C)(C)C)C(=O)C(CSCc2ccc(OC)cc2)SC)cc1. The summed E-state index contributed by atoms with van der Waals surface area (Å²) in [5.41, 5.74) is -0.171. The van der Waals surface area contributed by atoms with Gasteiger partial charge in [0.05, 0.1) is 24.7 Å². The molecule has 1 aliphatic heterocycles. The van der Waals surface area contributed by atoms with E-state index in [1.165, 1.54) is 23.5 Å². The van der Waals surface area contributed by atoms with Crippen LogP contribution in [0.25, 0.3) is 0 Å². The number of carbonyl (C=O) groups is 3. The highest BCUT2D eigenvalue weighted by Gasteiger charge is 2.59. The normalized spacial score (nSPS) is 18.0. The Morgan fingerprint density at radius 3 is 1.73 bits per heavy atom. The Hall–Kier alpha value is -1.95. The minimum Gasteiger partial charge on any atom is -0.497 e. The lowest BCUT2D eigenvalue weighted by atomic mass is 9.88. The fraction of sp³-hybridized carbons (Fsp3) is 0.545. The third-order valence-electron chi connectivity index (χ3n) is 7.32. The van der Waals surface area contributed by atoms with Crippen molar-refractivity contribution in [2.75, 3.05) is 44.8 Å². The molecule has 7 nitrogen and oxygen atoms in total. The summed E-state index contributed by atoms with van der Waals surface area (Å²) >= 11 is 6.19. The fourth-order valence-electron chi connectivity index (χ4n) is 4.99. The van der Waals surface area contributed by atoms with Crippen LogP contribution in [-0.4, -0.2) is 89.0 Å². The topological polar surface area (TPSA) is 82.1 Å². The zero-order valence-corrected chi connectivity index (χ0v) is 30.0. The molecule has 44 heavy (non-hydrogen) atoms. The van der Waals surface area contributed by atoms with E-state index < -0.39 is 27.6 Å². The molecule has 0 aliphatic carbocycles. The first-order valence-electron chi connectivity index (χ1n) is 14.5. The summed E-state index contributed by atoms with van der Waals surface area (Å²) in [4.78, 5) is 44.2. The number of Topliss-reactive ketones (excluding diaryl/α,β-unsaturated/α-hetero) is 1. The summed E-state index contributed by atoms with van der Waals surface area (Å²) < 4.78 is 16.4. The lowest BCUT2D eigenvalue weighted by Crippen LogP contribution is -2.63. The first-order valence-corrected chi connectivity index (χ1v) is 19.4. The summed E-state index contributed by atoms with van der Waals surface area (Å²) in [6.45, 7) is 5.73. The van der Waals surface area contributed by atoms with Gasteiger partial charge in [0, 0.05) is 29.6 Å². The second kappa shape index (κ2) is 17.1. The van der Waals surface area contributed by atoms with Crippen molar-refractivity contribution in [2.24, 2.45) is 0 Å². The van der Waals surface area contributed by atoms with Gasteiger partial charge in [0.1, 0.15) is 17.1 Å². The Bertz CT molecular complexity index is 1230. The van der Waals surface area contributed by atoms with Gasteiger partial charge in [-0.1, -0.05) is 24.3 Å². The molecule has 0 spiro atoms. The summed E-state index contributed by atoms with van der Waals surface area (Å²) in [5.74, 6) is 3.10. The molecule has 3 rings (SSSR count). The van der Waals surface area contributed by atoms with Crippen LogP contribution in [-0.2, 0) is 30.6 Å². The summed E-state index contributed by atoms with van der Waals surface area (Å²) in [6, 6.07) is 15.7. The van der Waals surface area contributed by atoms with E-state index in [0.29, 0.717) is 24.5 Å². The molecule has 0 saturated carbocycles. The molecule has 1 saturated heterocycles. The van der Waals surface area contributed by atoms with E-state index in [0.717, 1.165) is 34.1 Å². The molecule has 1 fully saturated rings. The number of ether oxygens (including phenoxy) is 3. The predicted octanol–water partition coefficient (Wildman–Crippen LogP) is 6.61. The lowest BCUT2D eigenvalue weighted by molar-refractivity contribution is -0.174. The Morgan fingerprint density at radius 1 is 0.818 bits per heavy atom. The van der Waals surface area contributed by atoms with Crippen molar-refractivity contribution < 1.29 is 28.6 Å². The van der Waals surface area contributed by atoms with Crippen LogP contribution < -0.4 is 9.47 Å². The maximum Gasteiger partial charge on any atom is 0.340 e. The molecule has 1 heterocycles. The third kappa shape index (κ3) is 9.53. The predicted molar refractivity (Wildman–Crippen MR) is 187 cm³/mol. The van der Waals surface area contributed by atoms with Gasteiger partial charge < -0.3 is 19.1 Å². The smallest absolute Gasteiger partial charge is 0.340 e. The number of amides is 1. The number of hydrogen-bond donors (Lipinski definition) is 0. The van der Waals surface area contributed by atoms with E-state index in [1.807, 2.05) is 61.0 Å². The molecular weight excluding hydrogens is 635 g/mol. The van der Waals surface area contributed by atoms with Crippen molar-refractivity contribution in [3.05, 3.63) is 59.7 Å². The average Bonchev–Trinajstić information content (AvgIpc) is 3.47. The highest BCUT2D eigenvalue weighted by atomic mass is 32.2. The van der Waals surface area contributed by atoms with Crippen LogP contribution in [0.2, 0.25) is 0 Å². The monoisotopic (exact) mass is 679 g/mol. The summed E-state index contributed by atoms with van der Waals surface area (Å²) in [6.07, 6.45) is 4.63. The molecule has 242 valence electrons. The third-order valence-corrected chi connectivity index (χ3v) is 11.8. The number of hydrogen-bond acceptors (Lipinski definition) is 10. The van der Waals surface area contributed by atoms with Crippen molar-refractivity contribution in [1.29, 1.82) is 0 Å². The van der Waals surface area contributed by atoms with Crippen molar-refractivity contribution in [1.82, 2.24) is 4.90 Å². The second-order valence-electron chi connectivity index (χ2n) is 11.5. The minimum absolute atomic E-state index is 0.179. The van der Waals surface area contributed by atoms with Gasteiger partial charge in [-0.2, -0.15) is 47.0 Å². The quantitative estimate of drug-likeness (QED) is 0.143. The van der Waals surface area contributed by atoms with Gasteiger partial charge in [0.25, 0.3) is 0 Å². The fourth-order valence-corrected chi connectivity index (χ4v) is 9.21. The van der Waals surface area contributed by atoms with Crippen molar-refractivity contribution in [2.45, 2.75) is 66.8 Å². The zero-order chi connectivity index (χ0) is 32.3. The van der Waals surface area contributed by atoms with Crippen LogP contribution in [0.5, 0.6) is 11.5 Å². The number of likely N-dealkylation sites (tertiary alicyclic amines) is 1. The maximum atomic E-state index is 14.5. The van der Waals surface area contributed by atoms with Gasteiger partial charge in [-0.05, 0) is 81.5 Å². The molecule has 0 bridgehead atoms. The van der Waals surface area contributed by atoms with E-state index >= 15 is 0 Å². The number of nitrogens with zero attached hydrogens (tertiary/aromatic N) is 1. The molecular formula is C33H45NO6S4. The maximum absolute atomic E-state index is 14.5. The number of rotatable bonds is 16. The number of carbonyl (C=O) groups excluding carboxylic acids is 3. The second-order valence-corrected chi connectivity index (χ2v) is 15.6. The zero-order valence-electron chi connectivity index (χ0n) is 26.8. The van der Waals surface area contributed by atoms with Crippen molar-refractivity contribution >= 4 is 64.7 Å². The summed E-state index contributed by atoms with van der Waals surface area (Å²) in [7, 11) is 3.28. The number of ketones is 1. The van der Waals surface area contributed by atoms with Crippen LogP contribution >= 0.6 is 47.0 Å². The van der Waals surface area contributed by atoms with E-state index in [2.05, 4.69) is 0 Å². The standard InChI is InChI=1S/C33H45NO6S4/c1-32(2,3)40-31(37)33(29(35)27(41-6)21-43-19-23-9-13-25(38-4)14-10-23)17-8-18-34(33)30(36)28(42-7)22-44-20-24-11-15-26(39-5)16-12-24/h9-16,27-28H,8,17-22H2,1-7H3/t27?,28?,33-/m1/s1. The lowest BCUT2D eigenvalue weighted by Gasteiger charge is -2.39. The van der Waals surface area contributed by atoms with Crippen molar-refractivity contribution in [3.8, 4) is 11.5 Å². The van der Waals surface area contributed by atoms with Crippen LogP contribution in [0.15, 0.2) is 48.5 Å². The van der Waals surface area contributed by atoms with Crippen LogP contribution in [0.3, 0.4) is 0 Å². The Morgan fingerprint density at radius 2 is 1.30 bits per heavy atom. The van der Waals surface area contributed by atoms with Gasteiger partial charge >= 0.3 is 5.97 Å². The number of thioether (sulfide) groups is 4. The van der Waals surface area contributed by atoms with Gasteiger partial charge in [-0.3, -0.25) is 9.59 Å². The molecule has 0 radical (unpaired) electrons. The number of esters is 1. The Balaban J connectivity index is 1.78. The molecule has 0 aromatic heterocycles. The van der Waals surface area contributed by atoms with Gasteiger partial charge in [0.15, 0.2) is 5.78 Å². The molecule has 11 heteroatoms. The molecule has 1 amide bonds. The largest absolute Gasteiger partial charge is 0.497 e. The van der Waals surface area contributed by atoms with Gasteiger partial charge in [-0.25, -0.2) is 4.79 Å². The first kappa shape index (κ1) is 36.5. The van der Waals surface area contributed by atoms with Gasteiger partial charge in [0.2, 0.25) is 11.4 Å². The van der Waals surface area contributed by atoms with Gasteiger partial charge in [-0.15, -0.1) is 0 Å². The number of benzene rings is 2. The minimum atomic E-state index is -1.63. The number of methoxy groups -OCH3 is 2. The van der Waals surface area contributed by atoms with E-state index in [9.17, 15) is 14.4 Å². The Labute approximate surface area is 279 Å². The highest BCUT2D eigenvalue weighted by molar-refractivity contribution is 8.03. The molecule has 2 aromatic rings. The van der Waals surface area contributed by atoms with Crippen molar-refractivity contribution in [3.63, 3.8) is 0 Å². The van der Waals surface area contributed by atoms with Crippen LogP contribution in [0.4, 0.5) is 0 Å². The molecule has 2 aromatic carbocycles. The average molecular weight is 680 g/mol. The van der Waals surface area contributed by atoms with E-state index in [-0.39, 0.29) is 18.1 Å². The molecule has 3 atom stereocenters. The molecule has 0 N–H and O–H groups in total. The molecule has 1 aliphatic rings. The van der Waals surface area contributed by atoms with E-state index in [1.54, 1.807) is 63.4 Å².